The molecule has 0 aromatic heterocycles. The zero-order chi connectivity index (χ0) is 16.1. The van der Waals surface area contributed by atoms with Crippen LogP contribution in [0.25, 0.3) is 6.08 Å². The number of ether oxygens (including phenoxy) is 1. The summed E-state index contributed by atoms with van der Waals surface area (Å²) in [6.07, 6.45) is 2.86. The van der Waals surface area contributed by atoms with Gasteiger partial charge in [0.15, 0.2) is 5.78 Å². The van der Waals surface area contributed by atoms with Gasteiger partial charge in [0.2, 0.25) is 0 Å². The number of carbonyl (C=O) groups is 2. The molecular formula is C17H14O5. The largest absolute Gasteiger partial charge is 0.507 e. The van der Waals surface area contributed by atoms with Crippen LogP contribution in [0.3, 0.4) is 0 Å². The number of carbonyl (C=O) groups excluding carboxylic acids is 1. The third kappa shape index (κ3) is 3.52. The first-order valence-corrected chi connectivity index (χ1v) is 6.44. The Morgan fingerprint density at radius 2 is 1.77 bits per heavy atom. The third-order valence-electron chi connectivity index (χ3n) is 3.05. The Hall–Kier alpha value is -3.08. The minimum absolute atomic E-state index is 0.128. The molecule has 2 N–H and O–H groups in total. The average molecular weight is 298 g/mol. The lowest BCUT2D eigenvalue weighted by Crippen LogP contribution is -1.96. The van der Waals surface area contributed by atoms with Crippen molar-refractivity contribution in [1.29, 1.82) is 0 Å². The van der Waals surface area contributed by atoms with Gasteiger partial charge in [-0.05, 0) is 42.0 Å². The van der Waals surface area contributed by atoms with E-state index in [0.29, 0.717) is 11.3 Å². The van der Waals surface area contributed by atoms with Crippen molar-refractivity contribution in [3.63, 3.8) is 0 Å². The van der Waals surface area contributed by atoms with Gasteiger partial charge in [-0.1, -0.05) is 18.2 Å². The fourth-order valence-corrected chi connectivity index (χ4v) is 1.84. The number of carboxylic acids is 1. The number of methoxy groups -OCH3 is 1. The number of hydrogen-bond donors (Lipinski definition) is 2. The lowest BCUT2D eigenvalue weighted by atomic mass is 10.1. The summed E-state index contributed by atoms with van der Waals surface area (Å²) in [6.45, 7) is 0. The lowest BCUT2D eigenvalue weighted by Gasteiger charge is -2.04. The highest BCUT2D eigenvalue weighted by molar-refractivity contribution is 6.08. The Kier molecular flexibility index (Phi) is 4.58. The van der Waals surface area contributed by atoms with Crippen LogP contribution in [0.2, 0.25) is 0 Å². The number of aromatic hydroxyl groups is 1. The monoisotopic (exact) mass is 298 g/mol. The van der Waals surface area contributed by atoms with Crippen LogP contribution < -0.4 is 4.74 Å². The SMILES string of the molecule is COc1ccc(O)c(C(=O)/C=C/c2ccc(C(=O)O)cc2)c1. The Morgan fingerprint density at radius 3 is 2.36 bits per heavy atom. The summed E-state index contributed by atoms with van der Waals surface area (Å²) in [7, 11) is 1.47. The summed E-state index contributed by atoms with van der Waals surface area (Å²) in [5.41, 5.74) is 0.993. The van der Waals surface area contributed by atoms with Gasteiger partial charge < -0.3 is 14.9 Å². The van der Waals surface area contributed by atoms with Crippen LogP contribution in [0.15, 0.2) is 48.5 Å². The second-order valence-electron chi connectivity index (χ2n) is 4.51. The smallest absolute Gasteiger partial charge is 0.335 e. The molecule has 2 rings (SSSR count). The Labute approximate surface area is 127 Å². The van der Waals surface area contributed by atoms with Crippen LogP contribution in [0.4, 0.5) is 0 Å². The second-order valence-corrected chi connectivity index (χ2v) is 4.51. The maximum absolute atomic E-state index is 12.1. The Balaban J connectivity index is 2.19. The molecule has 22 heavy (non-hydrogen) atoms. The lowest BCUT2D eigenvalue weighted by molar-refractivity contribution is 0.0696. The van der Waals surface area contributed by atoms with Crippen molar-refractivity contribution in [3.8, 4) is 11.5 Å². The fraction of sp³-hybridized carbons (Fsp3) is 0.0588. The summed E-state index contributed by atoms with van der Waals surface area (Å²) in [4.78, 5) is 22.8. The van der Waals surface area contributed by atoms with Crippen molar-refractivity contribution in [1.82, 2.24) is 0 Å². The summed E-state index contributed by atoms with van der Waals surface area (Å²) in [5.74, 6) is -1.04. The quantitative estimate of drug-likeness (QED) is 0.655. The van der Waals surface area contributed by atoms with Crippen LogP contribution in [0, 0.1) is 0 Å². The predicted molar refractivity (Wildman–Crippen MR) is 81.4 cm³/mol. The highest BCUT2D eigenvalue weighted by atomic mass is 16.5. The summed E-state index contributed by atoms with van der Waals surface area (Å²) >= 11 is 0. The number of phenols is 1. The van der Waals surface area contributed by atoms with Crippen molar-refractivity contribution in [3.05, 3.63) is 65.2 Å². The molecule has 0 aliphatic heterocycles. The zero-order valence-electron chi connectivity index (χ0n) is 11.8. The van der Waals surface area contributed by atoms with E-state index in [9.17, 15) is 14.7 Å². The number of benzene rings is 2. The molecule has 0 bridgehead atoms. The average Bonchev–Trinajstić information content (AvgIpc) is 2.53. The maximum atomic E-state index is 12.1. The Bertz CT molecular complexity index is 729. The molecule has 0 fully saturated rings. The first-order valence-electron chi connectivity index (χ1n) is 6.44. The van der Waals surface area contributed by atoms with Gasteiger partial charge in [0.25, 0.3) is 0 Å². The highest BCUT2D eigenvalue weighted by Crippen LogP contribution is 2.23. The van der Waals surface area contributed by atoms with E-state index in [1.54, 1.807) is 24.3 Å². The molecule has 0 aliphatic carbocycles. The van der Waals surface area contributed by atoms with Crippen molar-refractivity contribution >= 4 is 17.8 Å². The van der Waals surface area contributed by atoms with Crippen LogP contribution in [-0.2, 0) is 0 Å². The van der Waals surface area contributed by atoms with E-state index in [2.05, 4.69) is 0 Å². The van der Waals surface area contributed by atoms with E-state index in [1.807, 2.05) is 0 Å². The van der Waals surface area contributed by atoms with Crippen molar-refractivity contribution in [2.45, 2.75) is 0 Å². The van der Waals surface area contributed by atoms with Gasteiger partial charge in [-0.3, -0.25) is 4.79 Å². The summed E-state index contributed by atoms with van der Waals surface area (Å²) in [6, 6.07) is 10.5. The van der Waals surface area contributed by atoms with Gasteiger partial charge in [0, 0.05) is 0 Å². The molecule has 0 radical (unpaired) electrons. The zero-order valence-corrected chi connectivity index (χ0v) is 11.8. The number of ketones is 1. The molecule has 112 valence electrons. The molecule has 2 aromatic carbocycles. The van der Waals surface area contributed by atoms with E-state index >= 15 is 0 Å². The summed E-state index contributed by atoms with van der Waals surface area (Å²) < 4.78 is 5.02. The van der Waals surface area contributed by atoms with Crippen LogP contribution in [0.5, 0.6) is 11.5 Å². The molecular weight excluding hydrogens is 284 g/mol. The van der Waals surface area contributed by atoms with Crippen molar-refractivity contribution in [2.24, 2.45) is 0 Å². The van der Waals surface area contributed by atoms with Gasteiger partial charge in [0.1, 0.15) is 11.5 Å². The topological polar surface area (TPSA) is 83.8 Å². The van der Waals surface area contributed by atoms with Crippen LogP contribution >= 0.6 is 0 Å². The Morgan fingerprint density at radius 1 is 1.09 bits per heavy atom. The predicted octanol–water partition coefficient (Wildman–Crippen LogP) is 3.00. The van der Waals surface area contributed by atoms with Gasteiger partial charge in [-0.25, -0.2) is 4.79 Å². The van der Waals surface area contributed by atoms with Gasteiger partial charge in [-0.15, -0.1) is 0 Å². The van der Waals surface area contributed by atoms with E-state index in [1.165, 1.54) is 37.5 Å². The number of hydrogen-bond acceptors (Lipinski definition) is 4. The second kappa shape index (κ2) is 6.58. The first kappa shape index (κ1) is 15.3. The molecule has 0 unspecified atom stereocenters. The number of aromatic carboxylic acids is 1. The number of carboxylic acid groups (broad SMARTS) is 1. The molecule has 0 heterocycles. The van der Waals surface area contributed by atoms with Crippen molar-refractivity contribution < 1.29 is 24.5 Å². The number of rotatable bonds is 5. The van der Waals surface area contributed by atoms with Gasteiger partial charge in [-0.2, -0.15) is 0 Å². The van der Waals surface area contributed by atoms with Gasteiger partial charge >= 0.3 is 5.97 Å². The highest BCUT2D eigenvalue weighted by Gasteiger charge is 2.09. The molecule has 0 saturated heterocycles. The minimum Gasteiger partial charge on any atom is -0.507 e. The molecule has 0 saturated carbocycles. The van der Waals surface area contributed by atoms with Gasteiger partial charge in [0.05, 0.1) is 18.2 Å². The molecule has 5 nitrogen and oxygen atoms in total. The molecule has 0 atom stereocenters. The number of allylic oxidation sites excluding steroid dienone is 1. The van der Waals surface area contributed by atoms with Crippen LogP contribution in [-0.4, -0.2) is 29.1 Å². The number of phenolic OH excluding ortho intramolecular Hbond substituents is 1. The minimum atomic E-state index is -1.01. The first-order chi connectivity index (χ1) is 10.5. The maximum Gasteiger partial charge on any atom is 0.335 e. The van der Waals surface area contributed by atoms with Crippen LogP contribution in [0.1, 0.15) is 26.3 Å². The standard InChI is InChI=1S/C17H14O5/c1-22-13-7-9-16(19)14(10-13)15(18)8-4-11-2-5-12(6-3-11)17(20)21/h2-10,19H,1H3,(H,20,21)/b8-4+. The molecule has 2 aromatic rings. The molecule has 0 aliphatic rings. The van der Waals surface area contributed by atoms with Crippen molar-refractivity contribution in [2.75, 3.05) is 7.11 Å². The van der Waals surface area contributed by atoms with E-state index in [-0.39, 0.29) is 22.7 Å². The molecule has 5 heteroatoms. The molecule has 0 spiro atoms. The normalized spacial score (nSPS) is 10.6. The van der Waals surface area contributed by atoms with E-state index in [0.717, 1.165) is 0 Å². The third-order valence-corrected chi connectivity index (χ3v) is 3.05. The fourth-order valence-electron chi connectivity index (χ4n) is 1.84. The summed E-state index contributed by atoms with van der Waals surface area (Å²) in [5, 5.41) is 18.5. The van der Waals surface area contributed by atoms with E-state index < -0.39 is 5.97 Å². The molecule has 0 amide bonds. The van der Waals surface area contributed by atoms with E-state index in [4.69, 9.17) is 9.84 Å².